The van der Waals surface area contributed by atoms with Gasteiger partial charge in [0.1, 0.15) is 0 Å². The van der Waals surface area contributed by atoms with Gasteiger partial charge in [-0.2, -0.15) is 0 Å². The molecule has 0 aliphatic heterocycles. The van der Waals surface area contributed by atoms with Gasteiger partial charge < -0.3 is 5.32 Å². The Hall–Kier alpha value is -1.30. The normalized spacial score (nSPS) is 10.4. The first-order valence-electron chi connectivity index (χ1n) is 5.68. The van der Waals surface area contributed by atoms with Gasteiger partial charge in [-0.15, -0.1) is 6.42 Å². The van der Waals surface area contributed by atoms with Gasteiger partial charge in [-0.1, -0.05) is 37.1 Å². The molecule has 1 aromatic rings. The first kappa shape index (κ1) is 12.8. The summed E-state index contributed by atoms with van der Waals surface area (Å²) in [4.78, 5) is 2.25. The maximum atomic E-state index is 5.33. The fraction of sp³-hybridized carbons (Fsp3) is 0.429. The predicted octanol–water partition coefficient (Wildman–Crippen LogP) is 1.86. The number of nitrogens with one attached hydrogen (secondary N) is 1. The van der Waals surface area contributed by atoms with Crippen LogP contribution in [0.1, 0.15) is 18.1 Å². The van der Waals surface area contributed by atoms with Gasteiger partial charge in [-0.05, 0) is 24.7 Å². The molecule has 0 saturated heterocycles. The van der Waals surface area contributed by atoms with Crippen molar-refractivity contribution in [2.75, 3.05) is 20.1 Å². The van der Waals surface area contributed by atoms with Crippen molar-refractivity contribution < 1.29 is 0 Å². The molecule has 2 heteroatoms. The van der Waals surface area contributed by atoms with E-state index in [0.717, 1.165) is 19.6 Å². The number of terminal acetylenes is 1. The molecule has 0 radical (unpaired) electrons. The van der Waals surface area contributed by atoms with Crippen LogP contribution < -0.4 is 5.32 Å². The van der Waals surface area contributed by atoms with Gasteiger partial charge in [0.05, 0.1) is 6.54 Å². The minimum atomic E-state index is 0.715. The van der Waals surface area contributed by atoms with Gasteiger partial charge >= 0.3 is 0 Å². The second-order valence-corrected chi connectivity index (χ2v) is 3.86. The highest BCUT2D eigenvalue weighted by Gasteiger charge is 2.02. The summed E-state index contributed by atoms with van der Waals surface area (Å²) in [6.45, 7) is 5.68. The summed E-state index contributed by atoms with van der Waals surface area (Å²) in [5.74, 6) is 2.69. The highest BCUT2D eigenvalue weighted by molar-refractivity contribution is 5.23. The standard InChI is InChI=1S/C14H20N2/c1-4-9-16(5-2)12-14-8-6-7-13(10-14)11-15-3/h1,6-8,10,15H,5,9,11-12H2,2-3H3. The number of hydrogen-bond acceptors (Lipinski definition) is 2. The third-order valence-corrected chi connectivity index (χ3v) is 2.54. The van der Waals surface area contributed by atoms with Gasteiger partial charge in [0.15, 0.2) is 0 Å². The van der Waals surface area contributed by atoms with Crippen LogP contribution in [0.5, 0.6) is 0 Å². The van der Waals surface area contributed by atoms with Gasteiger partial charge in [0.25, 0.3) is 0 Å². The summed E-state index contributed by atoms with van der Waals surface area (Å²) in [5, 5.41) is 3.16. The SMILES string of the molecule is C#CCN(CC)Cc1cccc(CNC)c1. The number of rotatable bonds is 6. The van der Waals surface area contributed by atoms with Crippen LogP contribution in [0.2, 0.25) is 0 Å². The van der Waals surface area contributed by atoms with Crippen LogP contribution in [0.4, 0.5) is 0 Å². The van der Waals surface area contributed by atoms with Crippen LogP contribution >= 0.6 is 0 Å². The quantitative estimate of drug-likeness (QED) is 0.730. The molecule has 1 aromatic carbocycles. The molecule has 0 spiro atoms. The summed E-state index contributed by atoms with van der Waals surface area (Å²) in [7, 11) is 1.96. The zero-order valence-corrected chi connectivity index (χ0v) is 10.2. The second-order valence-electron chi connectivity index (χ2n) is 3.86. The molecule has 1 N–H and O–H groups in total. The zero-order chi connectivity index (χ0) is 11.8. The lowest BCUT2D eigenvalue weighted by atomic mass is 10.1. The van der Waals surface area contributed by atoms with E-state index in [4.69, 9.17) is 6.42 Å². The van der Waals surface area contributed by atoms with Gasteiger partial charge in [-0.3, -0.25) is 4.90 Å². The van der Waals surface area contributed by atoms with Crippen molar-refractivity contribution in [1.82, 2.24) is 10.2 Å². The number of benzene rings is 1. The predicted molar refractivity (Wildman–Crippen MR) is 69.0 cm³/mol. The van der Waals surface area contributed by atoms with E-state index >= 15 is 0 Å². The zero-order valence-electron chi connectivity index (χ0n) is 10.2. The van der Waals surface area contributed by atoms with Gasteiger partial charge in [0.2, 0.25) is 0 Å². The van der Waals surface area contributed by atoms with E-state index in [0.29, 0.717) is 6.54 Å². The molecular weight excluding hydrogens is 196 g/mol. The first-order chi connectivity index (χ1) is 7.80. The minimum Gasteiger partial charge on any atom is -0.316 e. The Labute approximate surface area is 98.7 Å². The molecule has 2 nitrogen and oxygen atoms in total. The third kappa shape index (κ3) is 4.06. The van der Waals surface area contributed by atoms with Crippen molar-refractivity contribution in [3.8, 4) is 12.3 Å². The molecule has 0 bridgehead atoms. The van der Waals surface area contributed by atoms with Crippen molar-refractivity contribution in [2.45, 2.75) is 20.0 Å². The van der Waals surface area contributed by atoms with Crippen molar-refractivity contribution in [3.05, 3.63) is 35.4 Å². The van der Waals surface area contributed by atoms with Crippen LogP contribution in [-0.4, -0.2) is 25.0 Å². The van der Waals surface area contributed by atoms with E-state index in [1.165, 1.54) is 11.1 Å². The smallest absolute Gasteiger partial charge is 0.0601 e. The van der Waals surface area contributed by atoms with Crippen LogP contribution in [0, 0.1) is 12.3 Å². The van der Waals surface area contributed by atoms with E-state index in [1.54, 1.807) is 0 Å². The Bertz CT molecular complexity index is 352. The molecule has 0 heterocycles. The molecular formula is C14H20N2. The Morgan fingerprint density at radius 3 is 2.75 bits per heavy atom. The van der Waals surface area contributed by atoms with Gasteiger partial charge in [-0.25, -0.2) is 0 Å². The summed E-state index contributed by atoms with van der Waals surface area (Å²) in [5.41, 5.74) is 2.64. The third-order valence-electron chi connectivity index (χ3n) is 2.54. The van der Waals surface area contributed by atoms with Crippen LogP contribution in [0.25, 0.3) is 0 Å². The molecule has 0 atom stereocenters. The Morgan fingerprint density at radius 1 is 1.38 bits per heavy atom. The van der Waals surface area contributed by atoms with Crippen molar-refractivity contribution >= 4 is 0 Å². The van der Waals surface area contributed by atoms with Crippen molar-refractivity contribution in [2.24, 2.45) is 0 Å². The number of hydrogen-bond donors (Lipinski definition) is 1. The lowest BCUT2D eigenvalue weighted by molar-refractivity contribution is 0.316. The Morgan fingerprint density at radius 2 is 2.12 bits per heavy atom. The average Bonchev–Trinajstić information content (AvgIpc) is 2.29. The molecule has 0 aliphatic carbocycles. The van der Waals surface area contributed by atoms with E-state index in [9.17, 15) is 0 Å². The lowest BCUT2D eigenvalue weighted by Gasteiger charge is -2.17. The van der Waals surface area contributed by atoms with Crippen LogP contribution in [-0.2, 0) is 13.1 Å². The molecule has 0 fully saturated rings. The summed E-state index contributed by atoms with van der Waals surface area (Å²) in [6, 6.07) is 8.62. The number of nitrogens with zero attached hydrogens (tertiary/aromatic N) is 1. The van der Waals surface area contributed by atoms with E-state index in [-0.39, 0.29) is 0 Å². The molecule has 16 heavy (non-hydrogen) atoms. The lowest BCUT2D eigenvalue weighted by Crippen LogP contribution is -2.23. The Kier molecular flexibility index (Phi) is 5.63. The summed E-state index contributed by atoms with van der Waals surface area (Å²) >= 11 is 0. The molecule has 0 amide bonds. The molecule has 86 valence electrons. The fourth-order valence-corrected chi connectivity index (χ4v) is 1.71. The Balaban J connectivity index is 2.65. The van der Waals surface area contributed by atoms with Gasteiger partial charge in [0, 0.05) is 13.1 Å². The maximum absolute atomic E-state index is 5.33. The maximum Gasteiger partial charge on any atom is 0.0601 e. The monoisotopic (exact) mass is 216 g/mol. The molecule has 0 unspecified atom stereocenters. The molecule has 0 aromatic heterocycles. The van der Waals surface area contributed by atoms with Crippen LogP contribution in [0.3, 0.4) is 0 Å². The van der Waals surface area contributed by atoms with E-state index in [2.05, 4.69) is 47.3 Å². The van der Waals surface area contributed by atoms with Crippen molar-refractivity contribution in [3.63, 3.8) is 0 Å². The summed E-state index contributed by atoms with van der Waals surface area (Å²) in [6.07, 6.45) is 5.33. The largest absolute Gasteiger partial charge is 0.316 e. The topological polar surface area (TPSA) is 15.3 Å². The van der Waals surface area contributed by atoms with E-state index < -0.39 is 0 Å². The second kappa shape index (κ2) is 7.05. The van der Waals surface area contributed by atoms with E-state index in [1.807, 2.05) is 7.05 Å². The van der Waals surface area contributed by atoms with Crippen molar-refractivity contribution in [1.29, 1.82) is 0 Å². The first-order valence-corrected chi connectivity index (χ1v) is 5.68. The molecule has 1 rings (SSSR count). The molecule has 0 saturated carbocycles. The minimum absolute atomic E-state index is 0.715. The average molecular weight is 216 g/mol. The highest BCUT2D eigenvalue weighted by Crippen LogP contribution is 2.08. The fourth-order valence-electron chi connectivity index (χ4n) is 1.71. The van der Waals surface area contributed by atoms with Crippen LogP contribution in [0.15, 0.2) is 24.3 Å². The highest BCUT2D eigenvalue weighted by atomic mass is 15.1. The molecule has 0 aliphatic rings. The summed E-state index contributed by atoms with van der Waals surface area (Å²) < 4.78 is 0.